The minimum atomic E-state index is 0.331. The predicted molar refractivity (Wildman–Crippen MR) is 78.9 cm³/mol. The molecular weight excluding hydrogens is 250 g/mol. The molecule has 0 aliphatic carbocycles. The first-order valence-electron chi connectivity index (χ1n) is 6.83. The molecule has 0 unspecified atom stereocenters. The number of nitrogens with zero attached hydrogens (tertiary/aromatic N) is 1. The van der Waals surface area contributed by atoms with E-state index in [0.717, 1.165) is 24.6 Å². The first-order chi connectivity index (χ1) is 9.70. The first-order valence-corrected chi connectivity index (χ1v) is 6.83. The van der Waals surface area contributed by atoms with Crippen molar-refractivity contribution in [1.82, 2.24) is 4.90 Å². The molecule has 1 aliphatic heterocycles. The van der Waals surface area contributed by atoms with Gasteiger partial charge < -0.3 is 9.47 Å². The van der Waals surface area contributed by atoms with E-state index in [-0.39, 0.29) is 0 Å². The normalized spacial score (nSPS) is 12.9. The molecule has 20 heavy (non-hydrogen) atoms. The zero-order chi connectivity index (χ0) is 13.9. The lowest BCUT2D eigenvalue weighted by Crippen LogP contribution is -2.17. The molecule has 0 saturated carbocycles. The summed E-state index contributed by atoms with van der Waals surface area (Å²) in [5.74, 6) is 1.70. The van der Waals surface area contributed by atoms with Gasteiger partial charge in [0.1, 0.15) is 0 Å². The van der Waals surface area contributed by atoms with Gasteiger partial charge in [-0.15, -0.1) is 0 Å². The lowest BCUT2D eigenvalue weighted by Gasteiger charge is -2.17. The van der Waals surface area contributed by atoms with Crippen LogP contribution in [0, 0.1) is 6.92 Å². The van der Waals surface area contributed by atoms with E-state index in [1.807, 2.05) is 6.07 Å². The summed E-state index contributed by atoms with van der Waals surface area (Å²) in [6.45, 7) is 4.28. The monoisotopic (exact) mass is 269 g/mol. The molecule has 104 valence electrons. The third-order valence-electron chi connectivity index (χ3n) is 3.46. The van der Waals surface area contributed by atoms with Crippen LogP contribution in [-0.2, 0) is 13.1 Å². The van der Waals surface area contributed by atoms with Crippen molar-refractivity contribution < 1.29 is 9.47 Å². The predicted octanol–water partition coefficient (Wildman–Crippen LogP) is 3.36. The lowest BCUT2D eigenvalue weighted by molar-refractivity contribution is 0.174. The van der Waals surface area contributed by atoms with Crippen molar-refractivity contribution in [2.24, 2.45) is 0 Å². The Balaban J connectivity index is 1.63. The van der Waals surface area contributed by atoms with Crippen molar-refractivity contribution in [3.05, 3.63) is 59.2 Å². The van der Waals surface area contributed by atoms with Gasteiger partial charge in [-0.3, -0.25) is 4.90 Å². The smallest absolute Gasteiger partial charge is 0.231 e. The first kappa shape index (κ1) is 13.0. The molecule has 3 rings (SSSR count). The van der Waals surface area contributed by atoms with Crippen LogP contribution in [0.3, 0.4) is 0 Å². The van der Waals surface area contributed by atoms with E-state index in [9.17, 15) is 0 Å². The van der Waals surface area contributed by atoms with Crippen molar-refractivity contribution in [2.45, 2.75) is 20.0 Å². The van der Waals surface area contributed by atoms with E-state index < -0.39 is 0 Å². The standard InChI is InChI=1S/C17H19NO2/c1-13-3-5-14(6-4-13)10-18(2)11-15-7-8-16-17(9-15)20-12-19-16/h3-9H,10-12H2,1-2H3. The molecule has 0 atom stereocenters. The largest absolute Gasteiger partial charge is 0.454 e. The number of rotatable bonds is 4. The van der Waals surface area contributed by atoms with Crippen LogP contribution in [0.15, 0.2) is 42.5 Å². The van der Waals surface area contributed by atoms with Crippen molar-refractivity contribution in [1.29, 1.82) is 0 Å². The van der Waals surface area contributed by atoms with Gasteiger partial charge in [0.25, 0.3) is 0 Å². The van der Waals surface area contributed by atoms with Crippen molar-refractivity contribution in [3.8, 4) is 11.5 Å². The number of aryl methyl sites for hydroxylation is 1. The average molecular weight is 269 g/mol. The van der Waals surface area contributed by atoms with Gasteiger partial charge in [-0.25, -0.2) is 0 Å². The highest BCUT2D eigenvalue weighted by Crippen LogP contribution is 2.32. The minimum Gasteiger partial charge on any atom is -0.454 e. The minimum absolute atomic E-state index is 0.331. The molecule has 1 heterocycles. The molecule has 0 saturated heterocycles. The Labute approximate surface area is 119 Å². The van der Waals surface area contributed by atoms with E-state index in [2.05, 4.69) is 55.3 Å². The van der Waals surface area contributed by atoms with Gasteiger partial charge >= 0.3 is 0 Å². The van der Waals surface area contributed by atoms with Gasteiger partial charge in [0.2, 0.25) is 6.79 Å². The van der Waals surface area contributed by atoms with Crippen LogP contribution in [0.4, 0.5) is 0 Å². The quantitative estimate of drug-likeness (QED) is 0.849. The fraction of sp³-hybridized carbons (Fsp3) is 0.294. The van der Waals surface area contributed by atoms with Crippen molar-refractivity contribution in [2.75, 3.05) is 13.8 Å². The Kier molecular flexibility index (Phi) is 3.61. The Hall–Kier alpha value is -2.00. The van der Waals surface area contributed by atoms with Crippen LogP contribution in [0.1, 0.15) is 16.7 Å². The molecule has 2 aromatic carbocycles. The second-order valence-corrected chi connectivity index (χ2v) is 5.35. The average Bonchev–Trinajstić information content (AvgIpc) is 2.89. The van der Waals surface area contributed by atoms with E-state index in [1.54, 1.807) is 0 Å². The van der Waals surface area contributed by atoms with Gasteiger partial charge in [0.05, 0.1) is 0 Å². The Morgan fingerprint density at radius 1 is 0.900 bits per heavy atom. The summed E-state index contributed by atoms with van der Waals surface area (Å²) in [7, 11) is 2.13. The Bertz CT molecular complexity index is 592. The van der Waals surface area contributed by atoms with Crippen LogP contribution in [0.2, 0.25) is 0 Å². The maximum absolute atomic E-state index is 5.41. The molecule has 0 bridgehead atoms. The third kappa shape index (κ3) is 2.94. The molecule has 3 heteroatoms. The summed E-state index contributed by atoms with van der Waals surface area (Å²) in [6.07, 6.45) is 0. The molecule has 1 aliphatic rings. The fourth-order valence-electron chi connectivity index (χ4n) is 2.41. The van der Waals surface area contributed by atoms with Crippen LogP contribution in [0.25, 0.3) is 0 Å². The summed E-state index contributed by atoms with van der Waals surface area (Å²) in [5.41, 5.74) is 3.87. The van der Waals surface area contributed by atoms with E-state index >= 15 is 0 Å². The van der Waals surface area contributed by atoms with E-state index in [1.165, 1.54) is 16.7 Å². The van der Waals surface area contributed by atoms with Crippen LogP contribution in [-0.4, -0.2) is 18.7 Å². The SMILES string of the molecule is Cc1ccc(CN(C)Cc2ccc3c(c2)OCO3)cc1. The number of benzene rings is 2. The van der Waals surface area contributed by atoms with E-state index in [0.29, 0.717) is 6.79 Å². The summed E-state index contributed by atoms with van der Waals surface area (Å²) < 4.78 is 10.7. The van der Waals surface area contributed by atoms with Gasteiger partial charge in [-0.1, -0.05) is 35.9 Å². The van der Waals surface area contributed by atoms with Gasteiger partial charge in [0.15, 0.2) is 11.5 Å². The molecule has 0 fully saturated rings. The van der Waals surface area contributed by atoms with Crippen molar-refractivity contribution in [3.63, 3.8) is 0 Å². The highest BCUT2D eigenvalue weighted by atomic mass is 16.7. The number of hydrogen-bond donors (Lipinski definition) is 0. The maximum Gasteiger partial charge on any atom is 0.231 e. The van der Waals surface area contributed by atoms with E-state index in [4.69, 9.17) is 9.47 Å². The summed E-state index contributed by atoms with van der Waals surface area (Å²) in [5, 5.41) is 0. The Morgan fingerprint density at radius 3 is 2.35 bits per heavy atom. The lowest BCUT2D eigenvalue weighted by atomic mass is 10.1. The molecule has 0 radical (unpaired) electrons. The summed E-state index contributed by atoms with van der Waals surface area (Å²) in [6, 6.07) is 14.8. The second kappa shape index (κ2) is 5.55. The summed E-state index contributed by atoms with van der Waals surface area (Å²) in [4.78, 5) is 2.29. The highest BCUT2D eigenvalue weighted by Gasteiger charge is 2.13. The topological polar surface area (TPSA) is 21.7 Å². The Morgan fingerprint density at radius 2 is 1.55 bits per heavy atom. The molecule has 0 amide bonds. The van der Waals surface area contributed by atoms with Gasteiger partial charge in [-0.2, -0.15) is 0 Å². The van der Waals surface area contributed by atoms with Crippen molar-refractivity contribution >= 4 is 0 Å². The van der Waals surface area contributed by atoms with Crippen LogP contribution in [0.5, 0.6) is 11.5 Å². The van der Waals surface area contributed by atoms with Gasteiger partial charge in [-0.05, 0) is 37.2 Å². The van der Waals surface area contributed by atoms with Crippen LogP contribution >= 0.6 is 0 Å². The number of hydrogen-bond acceptors (Lipinski definition) is 3. The zero-order valence-electron chi connectivity index (χ0n) is 11.9. The molecule has 2 aromatic rings. The number of fused-ring (bicyclic) bond motifs is 1. The second-order valence-electron chi connectivity index (χ2n) is 5.35. The molecular formula is C17H19NO2. The summed E-state index contributed by atoms with van der Waals surface area (Å²) >= 11 is 0. The molecule has 0 aromatic heterocycles. The third-order valence-corrected chi connectivity index (χ3v) is 3.46. The molecule has 0 spiro atoms. The number of ether oxygens (including phenoxy) is 2. The van der Waals surface area contributed by atoms with Crippen LogP contribution < -0.4 is 9.47 Å². The highest BCUT2D eigenvalue weighted by molar-refractivity contribution is 5.44. The molecule has 0 N–H and O–H groups in total. The maximum atomic E-state index is 5.41. The zero-order valence-corrected chi connectivity index (χ0v) is 11.9. The fourth-order valence-corrected chi connectivity index (χ4v) is 2.41. The molecule has 3 nitrogen and oxygen atoms in total. The van der Waals surface area contributed by atoms with Gasteiger partial charge in [0, 0.05) is 13.1 Å².